The van der Waals surface area contributed by atoms with Crippen molar-refractivity contribution < 1.29 is 4.79 Å². The summed E-state index contributed by atoms with van der Waals surface area (Å²) in [7, 11) is 6.30. The molecule has 0 aliphatic heterocycles. The van der Waals surface area contributed by atoms with Crippen LogP contribution in [-0.2, 0) is 0 Å². The summed E-state index contributed by atoms with van der Waals surface area (Å²) in [5, 5.41) is 0. The lowest BCUT2D eigenvalue weighted by atomic mass is 9.75. The summed E-state index contributed by atoms with van der Waals surface area (Å²) in [6.45, 7) is 2.51. The summed E-state index contributed by atoms with van der Waals surface area (Å²) in [4.78, 5) is 20.5. The van der Waals surface area contributed by atoms with Crippen LogP contribution in [0.2, 0.25) is 0 Å². The molecule has 0 aromatic carbocycles. The van der Waals surface area contributed by atoms with Crippen molar-refractivity contribution in [2.75, 3.05) is 32.6 Å². The molecule has 1 aromatic rings. The molecule has 0 unspecified atom stereocenters. The van der Waals surface area contributed by atoms with Gasteiger partial charge >= 0.3 is 0 Å². The zero-order valence-electron chi connectivity index (χ0n) is 12.3. The molecule has 1 saturated carbocycles. The number of Topliss-reactive ketones (excluding diaryl/α,β-unsaturated/α-hetero) is 1. The predicted molar refractivity (Wildman–Crippen MR) is 77.8 cm³/mol. The fraction of sp³-hybridized carbons (Fsp3) is 0.600. The molecule has 0 bridgehead atoms. The lowest BCUT2D eigenvalue weighted by molar-refractivity contribution is 0.0681. The minimum Gasteiger partial charge on any atom is -0.357 e. The summed E-state index contributed by atoms with van der Waals surface area (Å²) in [5.41, 5.74) is 0.943. The Morgan fingerprint density at radius 1 is 1.37 bits per heavy atom. The van der Waals surface area contributed by atoms with Crippen LogP contribution in [0.1, 0.15) is 36.5 Å². The second kappa shape index (κ2) is 5.29. The average molecular weight is 261 g/mol. The minimum absolute atomic E-state index is 0.0717. The highest BCUT2D eigenvalue weighted by Crippen LogP contribution is 2.37. The molecule has 1 aliphatic carbocycles. The van der Waals surface area contributed by atoms with E-state index in [2.05, 4.69) is 28.9 Å². The molecule has 0 amide bonds. The van der Waals surface area contributed by atoms with Gasteiger partial charge in [-0.1, -0.05) is 0 Å². The maximum Gasteiger partial charge on any atom is 0.163 e. The largest absolute Gasteiger partial charge is 0.357 e. The van der Waals surface area contributed by atoms with Gasteiger partial charge in [-0.3, -0.25) is 4.79 Å². The van der Waals surface area contributed by atoms with Crippen LogP contribution in [0, 0.1) is 0 Å². The number of rotatable bonds is 5. The number of hydrogen-bond donors (Lipinski definition) is 0. The van der Waals surface area contributed by atoms with Crippen LogP contribution >= 0.6 is 0 Å². The van der Waals surface area contributed by atoms with E-state index in [1.807, 2.05) is 19.2 Å². The van der Waals surface area contributed by atoms with E-state index in [4.69, 9.17) is 0 Å². The number of likely N-dealkylation sites (N-methyl/N-ethyl adjacent to an activating group) is 2. The van der Waals surface area contributed by atoms with Gasteiger partial charge in [-0.2, -0.15) is 0 Å². The first-order valence-electron chi connectivity index (χ1n) is 6.81. The minimum atomic E-state index is 0.0717. The summed E-state index contributed by atoms with van der Waals surface area (Å²) in [6, 6.07) is 3.67. The highest BCUT2D eigenvalue weighted by molar-refractivity contribution is 5.98. The van der Waals surface area contributed by atoms with Crippen LogP contribution in [0.5, 0.6) is 0 Å². The maximum absolute atomic E-state index is 11.7. The summed E-state index contributed by atoms with van der Waals surface area (Å²) in [6.07, 6.45) is 5.47. The second-order valence-corrected chi connectivity index (χ2v) is 5.76. The molecule has 0 N–H and O–H groups in total. The topological polar surface area (TPSA) is 36.4 Å². The van der Waals surface area contributed by atoms with Gasteiger partial charge < -0.3 is 9.80 Å². The van der Waals surface area contributed by atoms with Gasteiger partial charge in [-0.25, -0.2) is 4.98 Å². The van der Waals surface area contributed by atoms with Gasteiger partial charge in [-0.05, 0) is 52.4 Å². The molecule has 2 rings (SSSR count). The van der Waals surface area contributed by atoms with Crippen molar-refractivity contribution in [2.24, 2.45) is 0 Å². The Balaban J connectivity index is 2.20. The Labute approximate surface area is 115 Å². The van der Waals surface area contributed by atoms with E-state index in [1.54, 1.807) is 13.1 Å². The summed E-state index contributed by atoms with van der Waals surface area (Å²) in [5.74, 6) is 0.866. The maximum atomic E-state index is 11.7. The molecule has 4 nitrogen and oxygen atoms in total. The molecule has 104 valence electrons. The highest BCUT2D eigenvalue weighted by Gasteiger charge is 2.40. The Hall–Kier alpha value is -1.42. The quantitative estimate of drug-likeness (QED) is 0.761. The van der Waals surface area contributed by atoms with E-state index in [9.17, 15) is 4.79 Å². The van der Waals surface area contributed by atoms with Crippen LogP contribution in [0.25, 0.3) is 0 Å². The number of aromatic nitrogens is 1. The Morgan fingerprint density at radius 2 is 2.05 bits per heavy atom. The van der Waals surface area contributed by atoms with Gasteiger partial charge in [0.2, 0.25) is 0 Å². The van der Waals surface area contributed by atoms with E-state index in [1.165, 1.54) is 19.3 Å². The predicted octanol–water partition coefficient (Wildman–Crippen LogP) is 2.20. The normalized spacial score (nSPS) is 17.1. The summed E-state index contributed by atoms with van der Waals surface area (Å²) < 4.78 is 0. The number of carbonyl (C=O) groups excluding carboxylic acids is 1. The van der Waals surface area contributed by atoms with E-state index in [-0.39, 0.29) is 11.3 Å². The number of pyridine rings is 1. The first kappa shape index (κ1) is 14.0. The molecule has 19 heavy (non-hydrogen) atoms. The second-order valence-electron chi connectivity index (χ2n) is 5.76. The highest BCUT2D eigenvalue weighted by atomic mass is 16.1. The lowest BCUT2D eigenvalue weighted by Crippen LogP contribution is -2.57. The zero-order chi connectivity index (χ0) is 14.0. The standard InChI is InChI=1S/C15H23N3O/c1-12(19)13-7-5-10-16-14(13)18(4)11-15(17(2)3)8-6-9-15/h5,7,10H,6,8-9,11H2,1-4H3. The van der Waals surface area contributed by atoms with E-state index < -0.39 is 0 Å². The molecule has 1 fully saturated rings. The Morgan fingerprint density at radius 3 is 2.53 bits per heavy atom. The third kappa shape index (κ3) is 2.63. The first-order chi connectivity index (χ1) is 8.96. The van der Waals surface area contributed by atoms with Crippen molar-refractivity contribution in [1.82, 2.24) is 9.88 Å². The molecule has 0 spiro atoms. The molecule has 0 saturated heterocycles. The number of nitrogens with zero attached hydrogens (tertiary/aromatic N) is 3. The van der Waals surface area contributed by atoms with E-state index in [0.717, 1.165) is 12.4 Å². The molecule has 0 atom stereocenters. The van der Waals surface area contributed by atoms with Gasteiger partial charge in [-0.15, -0.1) is 0 Å². The summed E-state index contributed by atoms with van der Waals surface area (Å²) >= 11 is 0. The number of carbonyl (C=O) groups is 1. The molecular weight excluding hydrogens is 238 g/mol. The van der Waals surface area contributed by atoms with Gasteiger partial charge in [0.1, 0.15) is 5.82 Å². The van der Waals surface area contributed by atoms with Crippen LogP contribution in [0.4, 0.5) is 5.82 Å². The molecule has 1 aliphatic rings. The van der Waals surface area contributed by atoms with Gasteiger partial charge in [0, 0.05) is 25.3 Å². The number of hydrogen-bond acceptors (Lipinski definition) is 4. The number of ketones is 1. The molecule has 4 heteroatoms. The lowest BCUT2D eigenvalue weighted by Gasteiger charge is -2.49. The average Bonchev–Trinajstić information content (AvgIpc) is 2.33. The van der Waals surface area contributed by atoms with Crippen molar-refractivity contribution in [3.8, 4) is 0 Å². The van der Waals surface area contributed by atoms with Crippen LogP contribution in [0.3, 0.4) is 0 Å². The van der Waals surface area contributed by atoms with Crippen molar-refractivity contribution >= 4 is 11.6 Å². The zero-order valence-corrected chi connectivity index (χ0v) is 12.3. The van der Waals surface area contributed by atoms with Crippen molar-refractivity contribution in [1.29, 1.82) is 0 Å². The fourth-order valence-corrected chi connectivity index (χ4v) is 2.82. The van der Waals surface area contributed by atoms with Crippen molar-refractivity contribution in [3.05, 3.63) is 23.9 Å². The van der Waals surface area contributed by atoms with Gasteiger partial charge in [0.25, 0.3) is 0 Å². The van der Waals surface area contributed by atoms with Gasteiger partial charge in [0.05, 0.1) is 5.56 Å². The number of anilines is 1. The first-order valence-corrected chi connectivity index (χ1v) is 6.81. The molecule has 1 aromatic heterocycles. The molecular formula is C15H23N3O. The Bertz CT molecular complexity index is 466. The van der Waals surface area contributed by atoms with Crippen LogP contribution in [0.15, 0.2) is 18.3 Å². The third-order valence-electron chi connectivity index (χ3n) is 4.29. The van der Waals surface area contributed by atoms with Crippen LogP contribution < -0.4 is 4.90 Å². The van der Waals surface area contributed by atoms with Crippen molar-refractivity contribution in [2.45, 2.75) is 31.7 Å². The van der Waals surface area contributed by atoms with E-state index in [0.29, 0.717) is 5.56 Å². The smallest absolute Gasteiger partial charge is 0.163 e. The fourth-order valence-electron chi connectivity index (χ4n) is 2.82. The molecule has 1 heterocycles. The van der Waals surface area contributed by atoms with Crippen molar-refractivity contribution in [3.63, 3.8) is 0 Å². The third-order valence-corrected chi connectivity index (χ3v) is 4.29. The molecule has 0 radical (unpaired) electrons. The van der Waals surface area contributed by atoms with Crippen LogP contribution in [-0.4, -0.2) is 48.9 Å². The monoisotopic (exact) mass is 261 g/mol. The van der Waals surface area contributed by atoms with Gasteiger partial charge in [0.15, 0.2) is 5.78 Å². The van der Waals surface area contributed by atoms with E-state index >= 15 is 0 Å². The SMILES string of the molecule is CC(=O)c1cccnc1N(C)CC1(N(C)C)CCC1. The Kier molecular flexibility index (Phi) is 3.90.